The van der Waals surface area contributed by atoms with Crippen LogP contribution in [0.1, 0.15) is 35.9 Å². The molecule has 30 heavy (non-hydrogen) atoms. The quantitative estimate of drug-likeness (QED) is 0.531. The topological polar surface area (TPSA) is 61.4 Å². The molecule has 0 spiro atoms. The van der Waals surface area contributed by atoms with Crippen molar-refractivity contribution in [2.75, 3.05) is 10.6 Å². The van der Waals surface area contributed by atoms with Crippen LogP contribution in [0.2, 0.25) is 0 Å². The number of benzene rings is 3. The molecule has 3 aromatic carbocycles. The summed E-state index contributed by atoms with van der Waals surface area (Å²) in [5.41, 5.74) is 5.30. The second kappa shape index (κ2) is 7.34. The molecule has 5 rings (SSSR count). The first-order valence-electron chi connectivity index (χ1n) is 10.0. The highest BCUT2D eigenvalue weighted by Crippen LogP contribution is 2.44. The number of fused-ring (bicyclic) bond motifs is 1. The first-order chi connectivity index (χ1) is 14.6. The number of rotatable bonds is 2. The lowest BCUT2D eigenvalue weighted by Crippen LogP contribution is -2.26. The van der Waals surface area contributed by atoms with E-state index in [0.717, 1.165) is 33.8 Å². The zero-order valence-electron chi connectivity index (χ0n) is 16.2. The summed E-state index contributed by atoms with van der Waals surface area (Å²) in [5.74, 6) is -0.0307. The van der Waals surface area contributed by atoms with Gasteiger partial charge in [-0.15, -0.1) is 0 Å². The molecule has 1 aliphatic heterocycles. The molecule has 3 aromatic rings. The van der Waals surface area contributed by atoms with E-state index in [1.165, 1.54) is 12.1 Å². The van der Waals surface area contributed by atoms with E-state index in [9.17, 15) is 14.3 Å². The molecule has 0 amide bonds. The van der Waals surface area contributed by atoms with Crippen LogP contribution in [0.5, 0.6) is 5.75 Å². The second-order valence-corrected chi connectivity index (χ2v) is 7.81. The molecule has 2 unspecified atom stereocenters. The van der Waals surface area contributed by atoms with Crippen LogP contribution in [0.25, 0.3) is 0 Å². The van der Waals surface area contributed by atoms with E-state index in [2.05, 4.69) is 10.6 Å². The maximum absolute atomic E-state index is 13.4. The number of phenols is 1. The Balaban J connectivity index is 1.60. The summed E-state index contributed by atoms with van der Waals surface area (Å²) in [7, 11) is 0. The number of anilines is 2. The van der Waals surface area contributed by atoms with Crippen LogP contribution in [0, 0.1) is 5.82 Å². The van der Waals surface area contributed by atoms with Crippen LogP contribution < -0.4 is 10.6 Å². The number of para-hydroxylation sites is 2. The lowest BCUT2D eigenvalue weighted by Gasteiger charge is -2.30. The van der Waals surface area contributed by atoms with Gasteiger partial charge in [0.25, 0.3) is 0 Å². The number of aromatic hydroxyl groups is 1. The van der Waals surface area contributed by atoms with Crippen molar-refractivity contribution in [1.29, 1.82) is 0 Å². The highest BCUT2D eigenvalue weighted by molar-refractivity contribution is 6.01. The smallest absolute Gasteiger partial charge is 0.163 e. The van der Waals surface area contributed by atoms with Crippen molar-refractivity contribution >= 4 is 17.2 Å². The summed E-state index contributed by atoms with van der Waals surface area (Å²) < 4.78 is 13.4. The van der Waals surface area contributed by atoms with E-state index < -0.39 is 0 Å². The Hall–Kier alpha value is -3.60. The monoisotopic (exact) mass is 400 g/mol. The number of phenolic OH excluding ortho intramolecular Hbond substituents is 1. The van der Waals surface area contributed by atoms with Crippen LogP contribution in [0.3, 0.4) is 0 Å². The van der Waals surface area contributed by atoms with Crippen molar-refractivity contribution < 1.29 is 14.3 Å². The molecule has 2 aliphatic rings. The summed E-state index contributed by atoms with van der Waals surface area (Å²) in [6.45, 7) is 0. The highest BCUT2D eigenvalue weighted by atomic mass is 19.1. The molecule has 0 saturated carbocycles. The fraction of sp³-hybridized carbons (Fsp3) is 0.160. The van der Waals surface area contributed by atoms with E-state index >= 15 is 0 Å². The molecule has 1 aliphatic carbocycles. The number of nitrogens with one attached hydrogen (secondary N) is 2. The number of carbonyl (C=O) groups is 1. The Kier molecular flexibility index (Phi) is 4.51. The number of ketones is 1. The van der Waals surface area contributed by atoms with E-state index in [4.69, 9.17) is 0 Å². The van der Waals surface area contributed by atoms with Crippen LogP contribution in [-0.4, -0.2) is 10.9 Å². The zero-order valence-corrected chi connectivity index (χ0v) is 16.2. The third-order valence-electron chi connectivity index (χ3n) is 5.88. The predicted octanol–water partition coefficient (Wildman–Crippen LogP) is 5.51. The van der Waals surface area contributed by atoms with Gasteiger partial charge in [0.1, 0.15) is 11.6 Å². The molecule has 0 saturated heterocycles. The van der Waals surface area contributed by atoms with Gasteiger partial charge in [-0.05, 0) is 59.9 Å². The lowest BCUT2D eigenvalue weighted by atomic mass is 9.78. The fourth-order valence-corrected chi connectivity index (χ4v) is 4.38. The average Bonchev–Trinajstić information content (AvgIpc) is 2.91. The maximum Gasteiger partial charge on any atom is 0.163 e. The zero-order chi connectivity index (χ0) is 20.7. The van der Waals surface area contributed by atoms with Crippen molar-refractivity contribution in [1.82, 2.24) is 0 Å². The first-order valence-corrected chi connectivity index (χ1v) is 10.0. The molecule has 0 fully saturated rings. The Morgan fingerprint density at radius 1 is 0.833 bits per heavy atom. The largest absolute Gasteiger partial charge is 0.508 e. The van der Waals surface area contributed by atoms with Crippen molar-refractivity contribution in [3.05, 3.63) is 101 Å². The molecule has 1 heterocycles. The summed E-state index contributed by atoms with van der Waals surface area (Å²) in [4.78, 5) is 13.4. The first kappa shape index (κ1) is 18.4. The number of hydrogen-bond acceptors (Lipinski definition) is 4. The van der Waals surface area contributed by atoms with Gasteiger partial charge in [0.2, 0.25) is 0 Å². The fourth-order valence-electron chi connectivity index (χ4n) is 4.38. The standard InChI is InChI=1S/C25H21FN2O2/c26-18-9-5-15(6-10-18)17-13-22-24(23(30)14-17)25(16-7-11-19(29)12-8-16)28-21-4-2-1-3-20(21)27-22/h1-12,17,25,27-29H,13-14H2. The minimum absolute atomic E-state index is 0.00456. The minimum atomic E-state index is -0.321. The second-order valence-electron chi connectivity index (χ2n) is 7.81. The van der Waals surface area contributed by atoms with E-state index in [1.54, 1.807) is 24.3 Å². The maximum atomic E-state index is 13.4. The van der Waals surface area contributed by atoms with Crippen molar-refractivity contribution in [2.45, 2.75) is 24.8 Å². The van der Waals surface area contributed by atoms with Gasteiger partial charge in [-0.25, -0.2) is 4.39 Å². The average molecular weight is 400 g/mol. The molecule has 2 atom stereocenters. The van der Waals surface area contributed by atoms with Crippen molar-refractivity contribution in [2.24, 2.45) is 0 Å². The van der Waals surface area contributed by atoms with Crippen molar-refractivity contribution in [3.8, 4) is 5.75 Å². The van der Waals surface area contributed by atoms with E-state index in [0.29, 0.717) is 12.8 Å². The molecule has 3 N–H and O–H groups in total. The number of halogens is 1. The predicted molar refractivity (Wildman–Crippen MR) is 115 cm³/mol. The van der Waals surface area contributed by atoms with Gasteiger partial charge in [-0.3, -0.25) is 4.79 Å². The van der Waals surface area contributed by atoms with Gasteiger partial charge in [0.05, 0.1) is 17.4 Å². The number of Topliss-reactive ketones (excluding diaryl/α,β-unsaturated/α-hetero) is 1. The van der Waals surface area contributed by atoms with Gasteiger partial charge >= 0.3 is 0 Å². The summed E-state index contributed by atoms with van der Waals surface area (Å²) in [6.07, 6.45) is 1.04. The van der Waals surface area contributed by atoms with Gasteiger partial charge in [0.15, 0.2) is 5.78 Å². The van der Waals surface area contributed by atoms with Crippen LogP contribution in [-0.2, 0) is 4.79 Å². The Morgan fingerprint density at radius 2 is 1.50 bits per heavy atom. The van der Waals surface area contributed by atoms with Gasteiger partial charge in [-0.1, -0.05) is 36.4 Å². The molecule has 0 radical (unpaired) electrons. The lowest BCUT2D eigenvalue weighted by molar-refractivity contribution is -0.116. The molecular weight excluding hydrogens is 379 g/mol. The van der Waals surface area contributed by atoms with Crippen LogP contribution in [0.4, 0.5) is 15.8 Å². The normalized spacial score (nSPS) is 20.5. The molecule has 4 nitrogen and oxygen atoms in total. The van der Waals surface area contributed by atoms with Gasteiger partial charge < -0.3 is 15.7 Å². The third-order valence-corrected chi connectivity index (χ3v) is 5.88. The van der Waals surface area contributed by atoms with Gasteiger partial charge in [0, 0.05) is 17.7 Å². The van der Waals surface area contributed by atoms with Gasteiger partial charge in [-0.2, -0.15) is 0 Å². The Bertz CT molecular complexity index is 1140. The SMILES string of the molecule is O=C1CC(c2ccc(F)cc2)CC2=C1C(c1ccc(O)cc1)Nc1ccccc1N2. The molecule has 0 aromatic heterocycles. The number of hydrogen-bond donors (Lipinski definition) is 3. The summed E-state index contributed by atoms with van der Waals surface area (Å²) in [5, 5.41) is 16.7. The molecular formula is C25H21FN2O2. The number of allylic oxidation sites excluding steroid dienone is 1. The van der Waals surface area contributed by atoms with Crippen molar-refractivity contribution in [3.63, 3.8) is 0 Å². The Labute approximate surface area is 174 Å². The Morgan fingerprint density at radius 3 is 2.23 bits per heavy atom. The minimum Gasteiger partial charge on any atom is -0.508 e. The van der Waals surface area contributed by atoms with E-state index in [-0.39, 0.29) is 29.3 Å². The third kappa shape index (κ3) is 3.32. The summed E-state index contributed by atoms with van der Waals surface area (Å²) >= 11 is 0. The summed E-state index contributed by atoms with van der Waals surface area (Å²) in [6, 6.07) is 20.9. The molecule has 150 valence electrons. The molecule has 0 bridgehead atoms. The van der Waals surface area contributed by atoms with Crippen LogP contribution >= 0.6 is 0 Å². The number of carbonyl (C=O) groups excluding carboxylic acids is 1. The highest BCUT2D eigenvalue weighted by Gasteiger charge is 2.36. The molecule has 5 heteroatoms. The van der Waals surface area contributed by atoms with E-state index in [1.807, 2.05) is 36.4 Å². The van der Waals surface area contributed by atoms with Crippen LogP contribution in [0.15, 0.2) is 84.1 Å².